The first-order valence-corrected chi connectivity index (χ1v) is 11.3. The summed E-state index contributed by atoms with van der Waals surface area (Å²) < 4.78 is 1.70. The molecule has 4 nitrogen and oxygen atoms in total. The lowest BCUT2D eigenvalue weighted by Crippen LogP contribution is -2.55. The van der Waals surface area contributed by atoms with E-state index in [-0.39, 0.29) is 18.0 Å². The number of imide groups is 1. The van der Waals surface area contributed by atoms with E-state index < -0.39 is 8.24 Å². The fourth-order valence-electron chi connectivity index (χ4n) is 3.65. The molecule has 0 bridgehead atoms. The molecule has 1 saturated heterocycles. The monoisotopic (exact) mass is 332 g/mol. The molecule has 5 heteroatoms. The predicted octanol–water partition coefficient (Wildman–Crippen LogP) is 4.23. The summed E-state index contributed by atoms with van der Waals surface area (Å²) in [6.45, 7) is 8.88. The van der Waals surface area contributed by atoms with E-state index in [1.165, 1.54) is 0 Å². The Morgan fingerprint density at radius 2 is 1.52 bits per heavy atom. The first-order valence-electron chi connectivity index (χ1n) is 8.73. The minimum absolute atomic E-state index is 0.0330. The van der Waals surface area contributed by atoms with Crippen molar-refractivity contribution >= 4 is 20.2 Å². The zero-order valence-corrected chi connectivity index (χ0v) is 15.7. The van der Waals surface area contributed by atoms with Crippen LogP contribution in [0.4, 0.5) is 4.79 Å². The zero-order valence-electron chi connectivity index (χ0n) is 14.7. The summed E-state index contributed by atoms with van der Waals surface area (Å²) in [6, 6.07) is 12.4. The average Bonchev–Trinajstić information content (AvgIpc) is 2.82. The molecule has 1 aromatic carbocycles. The number of nitrogens with zero attached hydrogens (tertiary/aromatic N) is 2. The molecule has 0 radical (unpaired) electrons. The minimum Gasteiger partial charge on any atom is -0.309 e. The van der Waals surface area contributed by atoms with Gasteiger partial charge in [-0.05, 0) is 30.1 Å². The van der Waals surface area contributed by atoms with Crippen LogP contribution in [-0.2, 0) is 11.3 Å². The lowest BCUT2D eigenvalue weighted by molar-refractivity contribution is -0.125. The molecule has 126 valence electrons. The van der Waals surface area contributed by atoms with Crippen LogP contribution in [0.1, 0.15) is 39.7 Å². The van der Waals surface area contributed by atoms with Crippen LogP contribution in [-0.4, -0.2) is 35.7 Å². The van der Waals surface area contributed by atoms with Gasteiger partial charge in [-0.25, -0.2) is 4.79 Å². The van der Waals surface area contributed by atoms with Gasteiger partial charge in [0.25, 0.3) is 0 Å². The van der Waals surface area contributed by atoms with Crippen molar-refractivity contribution in [2.24, 2.45) is 0 Å². The maximum atomic E-state index is 13.1. The summed E-state index contributed by atoms with van der Waals surface area (Å²) in [5, 5.41) is 0. The van der Waals surface area contributed by atoms with Gasteiger partial charge in [0.15, 0.2) is 8.24 Å². The lowest BCUT2D eigenvalue weighted by Gasteiger charge is -2.36. The molecule has 23 heavy (non-hydrogen) atoms. The van der Waals surface area contributed by atoms with Crippen molar-refractivity contribution in [3.8, 4) is 0 Å². The highest BCUT2D eigenvalue weighted by molar-refractivity contribution is 6.81. The van der Waals surface area contributed by atoms with Crippen LogP contribution >= 0.6 is 0 Å². The lowest BCUT2D eigenvalue weighted by atomic mass is 10.1. The summed E-state index contributed by atoms with van der Waals surface area (Å²) in [7, 11) is -2.03. The molecule has 1 atom stereocenters. The summed E-state index contributed by atoms with van der Waals surface area (Å²) in [6.07, 6.45) is 0.676. The molecule has 0 N–H and O–H groups in total. The van der Waals surface area contributed by atoms with Crippen LogP contribution in [0.5, 0.6) is 0 Å². The Morgan fingerprint density at radius 1 is 0.957 bits per heavy atom. The highest BCUT2D eigenvalue weighted by atomic mass is 28.3. The van der Waals surface area contributed by atoms with E-state index in [0.717, 1.165) is 23.7 Å². The van der Waals surface area contributed by atoms with Gasteiger partial charge in [-0.1, -0.05) is 58.0 Å². The van der Waals surface area contributed by atoms with Crippen molar-refractivity contribution in [2.45, 2.75) is 64.8 Å². The Labute approximate surface area is 140 Å². The van der Waals surface area contributed by atoms with E-state index in [0.29, 0.717) is 13.0 Å². The smallest absolute Gasteiger partial charge is 0.309 e. The highest BCUT2D eigenvalue weighted by Crippen LogP contribution is 2.33. The van der Waals surface area contributed by atoms with E-state index in [9.17, 15) is 9.59 Å². The highest BCUT2D eigenvalue weighted by Gasteiger charge is 2.52. The van der Waals surface area contributed by atoms with Crippen LogP contribution in [0.3, 0.4) is 0 Å². The van der Waals surface area contributed by atoms with E-state index in [1.54, 1.807) is 9.47 Å². The van der Waals surface area contributed by atoms with Crippen molar-refractivity contribution < 1.29 is 9.59 Å². The third-order valence-electron chi connectivity index (χ3n) is 5.35. The van der Waals surface area contributed by atoms with Crippen LogP contribution in [0.25, 0.3) is 0 Å². The third kappa shape index (κ3) is 3.07. The SMILES string of the molecule is CCC1C(=O)N([Si](CC)(CC)CC)C(=O)N1Cc1ccccc1. The fourth-order valence-corrected chi connectivity index (χ4v) is 7.25. The van der Waals surface area contributed by atoms with Crippen LogP contribution in [0.2, 0.25) is 18.1 Å². The normalized spacial score (nSPS) is 18.9. The molecule has 2 rings (SSSR count). The number of hydrogen-bond acceptors (Lipinski definition) is 2. The van der Waals surface area contributed by atoms with Gasteiger partial charge in [0, 0.05) is 6.54 Å². The summed E-state index contributed by atoms with van der Waals surface area (Å²) in [5.41, 5.74) is 1.07. The van der Waals surface area contributed by atoms with E-state index in [2.05, 4.69) is 20.8 Å². The Morgan fingerprint density at radius 3 is 2.00 bits per heavy atom. The number of carbonyl (C=O) groups excluding carboxylic acids is 2. The molecule has 1 aromatic rings. The molecule has 1 heterocycles. The average molecular weight is 333 g/mol. The molecule has 0 aromatic heterocycles. The molecular weight excluding hydrogens is 304 g/mol. The van der Waals surface area contributed by atoms with Gasteiger partial charge in [-0.3, -0.25) is 9.36 Å². The number of benzene rings is 1. The molecule has 0 spiro atoms. The van der Waals surface area contributed by atoms with E-state index >= 15 is 0 Å². The van der Waals surface area contributed by atoms with Gasteiger partial charge >= 0.3 is 6.03 Å². The maximum Gasteiger partial charge on any atom is 0.319 e. The largest absolute Gasteiger partial charge is 0.319 e. The predicted molar refractivity (Wildman–Crippen MR) is 95.5 cm³/mol. The van der Waals surface area contributed by atoms with Crippen LogP contribution in [0.15, 0.2) is 30.3 Å². The van der Waals surface area contributed by atoms with Gasteiger partial charge in [0.2, 0.25) is 5.91 Å². The molecule has 0 aliphatic carbocycles. The quantitative estimate of drug-likeness (QED) is 0.553. The Balaban J connectivity index is 2.34. The molecule has 1 aliphatic heterocycles. The Hall–Kier alpha value is -1.62. The standard InChI is InChI=1S/C18H28N2O2Si/c1-5-16-17(21)20(23(6-2,7-3)8-4)18(22)19(16)14-15-12-10-9-11-13-15/h9-13,16H,5-8,14H2,1-4H3. The number of rotatable bonds is 7. The Kier molecular flexibility index (Phi) is 5.63. The summed E-state index contributed by atoms with van der Waals surface area (Å²) in [4.78, 5) is 27.8. The first-order chi connectivity index (χ1) is 11.0. The van der Waals surface area contributed by atoms with Gasteiger partial charge in [-0.2, -0.15) is 0 Å². The van der Waals surface area contributed by atoms with E-state index in [1.807, 2.05) is 37.3 Å². The number of carbonyl (C=O) groups is 2. The van der Waals surface area contributed by atoms with Crippen molar-refractivity contribution in [3.05, 3.63) is 35.9 Å². The first kappa shape index (κ1) is 17.7. The number of urea groups is 1. The topological polar surface area (TPSA) is 40.6 Å². The number of amides is 3. The molecule has 0 saturated carbocycles. The van der Waals surface area contributed by atoms with Crippen molar-refractivity contribution in [1.82, 2.24) is 9.47 Å². The fraction of sp³-hybridized carbons (Fsp3) is 0.556. The third-order valence-corrected chi connectivity index (χ3v) is 10.7. The molecular formula is C18H28N2O2Si. The Bertz CT molecular complexity index is 549. The minimum atomic E-state index is -2.03. The molecule has 1 unspecified atom stereocenters. The van der Waals surface area contributed by atoms with Gasteiger partial charge in [0.1, 0.15) is 6.04 Å². The van der Waals surface area contributed by atoms with Crippen molar-refractivity contribution in [2.75, 3.05) is 0 Å². The molecule has 1 fully saturated rings. The van der Waals surface area contributed by atoms with E-state index in [4.69, 9.17) is 0 Å². The zero-order chi connectivity index (χ0) is 17.0. The second kappa shape index (κ2) is 7.30. The maximum absolute atomic E-state index is 13.1. The van der Waals surface area contributed by atoms with Crippen molar-refractivity contribution in [1.29, 1.82) is 0 Å². The van der Waals surface area contributed by atoms with Crippen LogP contribution < -0.4 is 0 Å². The molecule has 1 aliphatic rings. The van der Waals surface area contributed by atoms with Crippen LogP contribution in [0, 0.1) is 0 Å². The van der Waals surface area contributed by atoms with Gasteiger partial charge < -0.3 is 4.90 Å². The summed E-state index contributed by atoms with van der Waals surface area (Å²) in [5.74, 6) is 0.0330. The number of hydrogen-bond donors (Lipinski definition) is 0. The van der Waals surface area contributed by atoms with Gasteiger partial charge in [0.05, 0.1) is 0 Å². The van der Waals surface area contributed by atoms with Gasteiger partial charge in [-0.15, -0.1) is 0 Å². The second-order valence-corrected chi connectivity index (χ2v) is 11.3. The second-order valence-electron chi connectivity index (χ2n) is 6.28. The van der Waals surface area contributed by atoms with Crippen molar-refractivity contribution in [3.63, 3.8) is 0 Å². The molecule has 3 amide bonds. The summed E-state index contributed by atoms with van der Waals surface area (Å²) >= 11 is 0.